The second-order valence-electron chi connectivity index (χ2n) is 2.76. The van der Waals surface area contributed by atoms with Crippen LogP contribution in [0.1, 0.15) is 5.82 Å². The van der Waals surface area contributed by atoms with Gasteiger partial charge in [-0.05, 0) is 6.08 Å². The van der Waals surface area contributed by atoms with Gasteiger partial charge in [0.1, 0.15) is 13.5 Å². The van der Waals surface area contributed by atoms with Crippen molar-refractivity contribution in [1.82, 2.24) is 15.0 Å². The van der Waals surface area contributed by atoms with Crippen molar-refractivity contribution in [3.8, 4) is 0 Å². The number of aromatic nitrogens is 3. The Morgan fingerprint density at radius 1 is 1.06 bits per heavy atom. The molecule has 0 bridgehead atoms. The van der Waals surface area contributed by atoms with Crippen molar-refractivity contribution in [2.75, 3.05) is 38.3 Å². The lowest BCUT2D eigenvalue weighted by molar-refractivity contribution is 0.219. The number of rotatable bonds is 7. The molecule has 2 N–H and O–H groups in total. The fraction of sp³-hybridized carbons (Fsp3) is 0.444. The maximum Gasteiger partial charge on any atom is 0.229 e. The van der Waals surface area contributed by atoms with Gasteiger partial charge in [0, 0.05) is 14.2 Å². The average Bonchev–Trinajstić information content (AvgIpc) is 2.33. The zero-order chi connectivity index (χ0) is 11.8. The van der Waals surface area contributed by atoms with Crippen molar-refractivity contribution in [3.05, 3.63) is 12.4 Å². The summed E-state index contributed by atoms with van der Waals surface area (Å²) in [6.07, 6.45) is 1.54. The van der Waals surface area contributed by atoms with Gasteiger partial charge >= 0.3 is 0 Å². The molecular weight excluding hydrogens is 210 g/mol. The van der Waals surface area contributed by atoms with Crippen molar-refractivity contribution in [3.63, 3.8) is 0 Å². The van der Waals surface area contributed by atoms with Crippen molar-refractivity contribution in [2.24, 2.45) is 0 Å². The van der Waals surface area contributed by atoms with Crippen LogP contribution >= 0.6 is 0 Å². The Morgan fingerprint density at radius 3 is 1.94 bits per heavy atom. The summed E-state index contributed by atoms with van der Waals surface area (Å²) in [6.45, 7) is 4.25. The summed E-state index contributed by atoms with van der Waals surface area (Å²) < 4.78 is 9.72. The minimum absolute atomic E-state index is 0.324. The molecule has 0 spiro atoms. The molecule has 0 amide bonds. The molecule has 1 heterocycles. The SMILES string of the molecule is C=Cc1nc(NCOC)nc(NCOC)n1. The molecule has 7 heteroatoms. The Morgan fingerprint density at radius 2 is 1.56 bits per heavy atom. The summed E-state index contributed by atoms with van der Waals surface area (Å²) in [7, 11) is 3.15. The normalized spacial score (nSPS) is 9.88. The monoisotopic (exact) mass is 225 g/mol. The van der Waals surface area contributed by atoms with Gasteiger partial charge in [-0.3, -0.25) is 0 Å². The molecule has 1 rings (SSSR count). The molecule has 0 unspecified atom stereocenters. The second-order valence-corrected chi connectivity index (χ2v) is 2.76. The largest absolute Gasteiger partial charge is 0.364 e. The van der Waals surface area contributed by atoms with E-state index in [2.05, 4.69) is 32.2 Å². The summed E-state index contributed by atoms with van der Waals surface area (Å²) in [4.78, 5) is 12.3. The minimum atomic E-state index is 0.324. The Labute approximate surface area is 93.9 Å². The molecule has 0 saturated carbocycles. The van der Waals surface area contributed by atoms with Crippen LogP contribution in [0.15, 0.2) is 6.58 Å². The smallest absolute Gasteiger partial charge is 0.229 e. The van der Waals surface area contributed by atoms with Crippen LogP contribution < -0.4 is 10.6 Å². The summed E-state index contributed by atoms with van der Waals surface area (Å²) in [6, 6.07) is 0. The van der Waals surface area contributed by atoms with E-state index < -0.39 is 0 Å². The highest BCUT2D eigenvalue weighted by molar-refractivity contribution is 5.44. The van der Waals surface area contributed by atoms with Crippen LogP contribution in [-0.2, 0) is 9.47 Å². The van der Waals surface area contributed by atoms with Gasteiger partial charge in [0.25, 0.3) is 0 Å². The Bertz CT molecular complexity index is 318. The molecular formula is C9H15N5O2. The average molecular weight is 225 g/mol. The molecule has 88 valence electrons. The van der Waals surface area contributed by atoms with E-state index in [1.807, 2.05) is 0 Å². The van der Waals surface area contributed by atoms with Crippen molar-refractivity contribution in [2.45, 2.75) is 0 Å². The second kappa shape index (κ2) is 6.70. The lowest BCUT2D eigenvalue weighted by atomic mass is 10.6. The summed E-state index contributed by atoms with van der Waals surface area (Å²) in [5.74, 6) is 1.32. The van der Waals surface area contributed by atoms with Crippen LogP contribution in [0.4, 0.5) is 11.9 Å². The maximum atomic E-state index is 4.86. The van der Waals surface area contributed by atoms with Crippen LogP contribution in [-0.4, -0.2) is 42.6 Å². The zero-order valence-electron chi connectivity index (χ0n) is 9.36. The summed E-state index contributed by atoms with van der Waals surface area (Å²) >= 11 is 0. The predicted octanol–water partition coefficient (Wildman–Crippen LogP) is 0.546. The lowest BCUT2D eigenvalue weighted by Crippen LogP contribution is -2.12. The van der Waals surface area contributed by atoms with Gasteiger partial charge in [0.05, 0.1) is 0 Å². The van der Waals surface area contributed by atoms with Gasteiger partial charge < -0.3 is 20.1 Å². The predicted molar refractivity (Wildman–Crippen MR) is 60.9 cm³/mol. The molecule has 1 aromatic rings. The quantitative estimate of drug-likeness (QED) is 0.655. The molecule has 0 atom stereocenters. The first kappa shape index (κ1) is 12.3. The van der Waals surface area contributed by atoms with E-state index in [1.165, 1.54) is 6.08 Å². The molecule has 0 radical (unpaired) electrons. The van der Waals surface area contributed by atoms with Gasteiger partial charge in [0.2, 0.25) is 11.9 Å². The minimum Gasteiger partial charge on any atom is -0.364 e. The van der Waals surface area contributed by atoms with Gasteiger partial charge in [-0.25, -0.2) is 0 Å². The van der Waals surface area contributed by atoms with E-state index in [1.54, 1.807) is 14.2 Å². The highest BCUT2D eigenvalue weighted by Crippen LogP contribution is 2.05. The van der Waals surface area contributed by atoms with E-state index in [4.69, 9.17) is 9.47 Å². The van der Waals surface area contributed by atoms with Crippen LogP contribution in [0.25, 0.3) is 6.08 Å². The molecule has 0 fully saturated rings. The number of nitrogens with one attached hydrogen (secondary N) is 2. The highest BCUT2D eigenvalue weighted by atomic mass is 16.5. The van der Waals surface area contributed by atoms with Gasteiger partial charge in [0.15, 0.2) is 5.82 Å². The van der Waals surface area contributed by atoms with E-state index in [0.717, 1.165) is 0 Å². The first-order valence-corrected chi connectivity index (χ1v) is 4.64. The Balaban J connectivity index is 2.78. The first-order chi connectivity index (χ1) is 7.80. The molecule has 7 nitrogen and oxygen atoms in total. The summed E-state index contributed by atoms with van der Waals surface area (Å²) in [5, 5.41) is 5.75. The van der Waals surface area contributed by atoms with Gasteiger partial charge in [-0.1, -0.05) is 6.58 Å². The number of hydrogen-bond acceptors (Lipinski definition) is 7. The number of nitrogens with zero attached hydrogens (tertiary/aromatic N) is 3. The van der Waals surface area contributed by atoms with Crippen LogP contribution in [0.2, 0.25) is 0 Å². The van der Waals surface area contributed by atoms with Crippen molar-refractivity contribution >= 4 is 18.0 Å². The fourth-order valence-electron chi connectivity index (χ4n) is 0.915. The molecule has 0 aliphatic rings. The fourth-order valence-corrected chi connectivity index (χ4v) is 0.915. The van der Waals surface area contributed by atoms with Crippen molar-refractivity contribution in [1.29, 1.82) is 0 Å². The van der Waals surface area contributed by atoms with Gasteiger partial charge in [-0.2, -0.15) is 15.0 Å². The third-order valence-corrected chi connectivity index (χ3v) is 1.58. The lowest BCUT2D eigenvalue weighted by Gasteiger charge is -2.07. The van der Waals surface area contributed by atoms with Gasteiger partial charge in [-0.15, -0.1) is 0 Å². The molecule has 16 heavy (non-hydrogen) atoms. The number of anilines is 2. The summed E-state index contributed by atoms with van der Waals surface area (Å²) in [5.41, 5.74) is 0. The van der Waals surface area contributed by atoms with Crippen molar-refractivity contribution < 1.29 is 9.47 Å². The third-order valence-electron chi connectivity index (χ3n) is 1.58. The Hall–Kier alpha value is -1.73. The highest BCUT2D eigenvalue weighted by Gasteiger charge is 2.03. The zero-order valence-corrected chi connectivity index (χ0v) is 9.36. The number of ether oxygens (including phenoxy) is 2. The van der Waals surface area contributed by atoms with Crippen LogP contribution in [0.5, 0.6) is 0 Å². The Kier molecular flexibility index (Phi) is 5.17. The molecule has 0 aliphatic carbocycles. The molecule has 0 saturated heterocycles. The van der Waals surface area contributed by atoms with Crippen LogP contribution in [0.3, 0.4) is 0 Å². The van der Waals surface area contributed by atoms with E-state index in [-0.39, 0.29) is 0 Å². The molecule has 1 aromatic heterocycles. The maximum absolute atomic E-state index is 4.86. The molecule has 0 aromatic carbocycles. The topological polar surface area (TPSA) is 81.2 Å². The molecule has 0 aliphatic heterocycles. The van der Waals surface area contributed by atoms with E-state index >= 15 is 0 Å². The number of hydrogen-bond donors (Lipinski definition) is 2. The standard InChI is InChI=1S/C9H15N5O2/c1-4-7-12-8(10-5-15-2)14-9(13-7)11-6-16-3/h4H,1,5-6H2,2-3H3,(H2,10,11,12,13,14). The van der Waals surface area contributed by atoms with E-state index in [0.29, 0.717) is 31.2 Å². The first-order valence-electron chi connectivity index (χ1n) is 4.64. The third kappa shape index (κ3) is 3.79. The van der Waals surface area contributed by atoms with Crippen LogP contribution in [0, 0.1) is 0 Å². The number of methoxy groups -OCH3 is 2. The van der Waals surface area contributed by atoms with E-state index in [9.17, 15) is 0 Å².